The number of rotatable bonds is 3. The van der Waals surface area contributed by atoms with Gasteiger partial charge in [0.2, 0.25) is 0 Å². The minimum absolute atomic E-state index is 0.0861. The Bertz CT molecular complexity index is 800. The van der Waals surface area contributed by atoms with E-state index >= 15 is 0 Å². The fraction of sp³-hybridized carbons (Fsp3) is 0.118. The monoisotopic (exact) mass is 372 g/mol. The SMILES string of the molecule is CC(=O)C1=C(O)C(=O)N(c2ccccn2)[C@@H]1c1ccc(Br)cc1. The van der Waals surface area contributed by atoms with Gasteiger partial charge in [-0.05, 0) is 36.8 Å². The fourth-order valence-electron chi connectivity index (χ4n) is 2.66. The number of aromatic nitrogens is 1. The maximum atomic E-state index is 12.5. The zero-order valence-electron chi connectivity index (χ0n) is 12.2. The molecule has 1 aromatic carbocycles. The topological polar surface area (TPSA) is 70.5 Å². The van der Waals surface area contributed by atoms with Gasteiger partial charge in [0, 0.05) is 10.7 Å². The summed E-state index contributed by atoms with van der Waals surface area (Å²) < 4.78 is 0.882. The number of hydrogen-bond donors (Lipinski definition) is 1. The lowest BCUT2D eigenvalue weighted by atomic mass is 9.97. The summed E-state index contributed by atoms with van der Waals surface area (Å²) in [4.78, 5) is 30.0. The number of benzene rings is 1. The molecule has 3 rings (SSSR count). The van der Waals surface area contributed by atoms with Gasteiger partial charge < -0.3 is 5.11 Å². The number of halogens is 1. The number of aliphatic hydroxyl groups excluding tert-OH is 1. The third kappa shape index (κ3) is 2.66. The Morgan fingerprint density at radius 1 is 1.22 bits per heavy atom. The molecule has 0 unspecified atom stereocenters. The molecule has 0 aliphatic carbocycles. The smallest absolute Gasteiger partial charge is 0.295 e. The van der Waals surface area contributed by atoms with E-state index in [1.807, 2.05) is 12.1 Å². The van der Waals surface area contributed by atoms with Gasteiger partial charge in [-0.3, -0.25) is 14.5 Å². The summed E-state index contributed by atoms with van der Waals surface area (Å²) in [5.74, 6) is -1.10. The van der Waals surface area contributed by atoms with Crippen molar-refractivity contribution in [2.24, 2.45) is 0 Å². The van der Waals surface area contributed by atoms with Crippen molar-refractivity contribution in [1.82, 2.24) is 4.98 Å². The lowest BCUT2D eigenvalue weighted by Gasteiger charge is -2.25. The molecule has 2 aromatic rings. The standard InChI is InChI=1S/C17H13BrN2O3/c1-10(21)14-15(11-5-7-12(18)8-6-11)20(17(23)16(14)22)13-4-2-3-9-19-13/h2-9,15,22H,1H3/t15-/m1/s1. The van der Waals surface area contributed by atoms with Crippen LogP contribution in [0.3, 0.4) is 0 Å². The van der Waals surface area contributed by atoms with E-state index in [0.29, 0.717) is 5.82 Å². The van der Waals surface area contributed by atoms with E-state index in [-0.39, 0.29) is 11.4 Å². The van der Waals surface area contributed by atoms with Gasteiger partial charge in [0.1, 0.15) is 5.82 Å². The highest BCUT2D eigenvalue weighted by Gasteiger charge is 2.43. The molecule has 5 nitrogen and oxygen atoms in total. The Morgan fingerprint density at radius 2 is 1.91 bits per heavy atom. The van der Waals surface area contributed by atoms with Gasteiger partial charge in [-0.15, -0.1) is 0 Å². The Hall–Kier alpha value is -2.47. The molecule has 1 atom stereocenters. The maximum Gasteiger partial charge on any atom is 0.295 e. The lowest BCUT2D eigenvalue weighted by molar-refractivity contribution is -0.117. The molecule has 6 heteroatoms. The van der Waals surface area contributed by atoms with Crippen molar-refractivity contribution >= 4 is 33.4 Å². The van der Waals surface area contributed by atoms with Crippen molar-refractivity contribution in [1.29, 1.82) is 0 Å². The number of ketones is 1. The summed E-state index contributed by atoms with van der Waals surface area (Å²) in [7, 11) is 0. The molecule has 0 bridgehead atoms. The molecule has 116 valence electrons. The van der Waals surface area contributed by atoms with Crippen LogP contribution >= 0.6 is 15.9 Å². The molecule has 1 aromatic heterocycles. The average molecular weight is 373 g/mol. The van der Waals surface area contributed by atoms with E-state index in [9.17, 15) is 14.7 Å². The van der Waals surface area contributed by atoms with Gasteiger partial charge in [-0.1, -0.05) is 34.1 Å². The zero-order valence-corrected chi connectivity index (χ0v) is 13.8. The summed E-state index contributed by atoms with van der Waals surface area (Å²) >= 11 is 3.36. The van der Waals surface area contributed by atoms with Crippen LogP contribution in [0.15, 0.2) is 64.5 Å². The molecule has 23 heavy (non-hydrogen) atoms. The van der Waals surface area contributed by atoms with Crippen molar-refractivity contribution < 1.29 is 14.7 Å². The van der Waals surface area contributed by atoms with E-state index in [1.165, 1.54) is 11.8 Å². The van der Waals surface area contributed by atoms with Crippen molar-refractivity contribution in [2.75, 3.05) is 4.90 Å². The van der Waals surface area contributed by atoms with Gasteiger partial charge in [0.25, 0.3) is 5.91 Å². The highest BCUT2D eigenvalue weighted by molar-refractivity contribution is 9.10. The number of hydrogen-bond acceptors (Lipinski definition) is 4. The molecular weight excluding hydrogens is 360 g/mol. The van der Waals surface area contributed by atoms with Crippen molar-refractivity contribution in [3.8, 4) is 0 Å². The number of amides is 1. The van der Waals surface area contributed by atoms with Gasteiger partial charge in [-0.25, -0.2) is 4.98 Å². The first-order valence-electron chi connectivity index (χ1n) is 6.95. The predicted molar refractivity (Wildman–Crippen MR) is 88.9 cm³/mol. The van der Waals surface area contributed by atoms with Crippen LogP contribution in [-0.4, -0.2) is 21.8 Å². The van der Waals surface area contributed by atoms with Gasteiger partial charge in [-0.2, -0.15) is 0 Å². The second-order valence-corrected chi connectivity index (χ2v) is 6.05. The van der Waals surface area contributed by atoms with Crippen LogP contribution in [-0.2, 0) is 9.59 Å². The van der Waals surface area contributed by atoms with Gasteiger partial charge >= 0.3 is 0 Å². The van der Waals surface area contributed by atoms with E-state index in [0.717, 1.165) is 10.0 Å². The molecule has 1 aliphatic heterocycles. The number of aliphatic hydroxyl groups is 1. The normalized spacial score (nSPS) is 17.7. The minimum Gasteiger partial charge on any atom is -0.503 e. The molecule has 0 spiro atoms. The molecule has 0 radical (unpaired) electrons. The lowest BCUT2D eigenvalue weighted by Crippen LogP contribution is -2.31. The fourth-order valence-corrected chi connectivity index (χ4v) is 2.92. The second kappa shape index (κ2) is 5.96. The molecule has 1 N–H and O–H groups in total. The van der Waals surface area contributed by atoms with Crippen LogP contribution in [0.1, 0.15) is 18.5 Å². The van der Waals surface area contributed by atoms with Crippen molar-refractivity contribution in [3.63, 3.8) is 0 Å². The Balaban J connectivity index is 2.17. The third-order valence-electron chi connectivity index (χ3n) is 3.67. The van der Waals surface area contributed by atoms with Crippen LogP contribution < -0.4 is 4.90 Å². The summed E-state index contributed by atoms with van der Waals surface area (Å²) in [6.07, 6.45) is 1.56. The molecule has 1 aliphatic rings. The molecule has 2 heterocycles. The second-order valence-electron chi connectivity index (χ2n) is 5.14. The molecule has 1 amide bonds. The highest BCUT2D eigenvalue weighted by Crippen LogP contribution is 2.40. The van der Waals surface area contributed by atoms with Gasteiger partial charge in [0.15, 0.2) is 11.5 Å². The number of nitrogens with zero attached hydrogens (tertiary/aromatic N) is 2. The summed E-state index contributed by atoms with van der Waals surface area (Å²) in [6, 6.07) is 11.7. The summed E-state index contributed by atoms with van der Waals surface area (Å²) in [6.45, 7) is 1.34. The zero-order chi connectivity index (χ0) is 16.6. The summed E-state index contributed by atoms with van der Waals surface area (Å²) in [5.41, 5.74) is 0.810. The molecule has 0 saturated heterocycles. The number of pyridine rings is 1. The van der Waals surface area contributed by atoms with Crippen LogP contribution in [0.4, 0.5) is 5.82 Å². The average Bonchev–Trinajstić information content (AvgIpc) is 2.81. The maximum absolute atomic E-state index is 12.5. The van der Waals surface area contributed by atoms with E-state index in [1.54, 1.807) is 36.5 Å². The van der Waals surface area contributed by atoms with E-state index < -0.39 is 17.7 Å². The van der Waals surface area contributed by atoms with Crippen molar-refractivity contribution in [3.05, 3.63) is 70.0 Å². The Morgan fingerprint density at radius 3 is 2.48 bits per heavy atom. The summed E-state index contributed by atoms with van der Waals surface area (Å²) in [5, 5.41) is 10.2. The van der Waals surface area contributed by atoms with Crippen LogP contribution in [0, 0.1) is 0 Å². The molecular formula is C17H13BrN2O3. The Kier molecular flexibility index (Phi) is 4.00. The minimum atomic E-state index is -0.692. The number of anilines is 1. The first kappa shape index (κ1) is 15.4. The number of carbonyl (C=O) groups excluding carboxylic acids is 2. The van der Waals surface area contributed by atoms with Crippen LogP contribution in [0.2, 0.25) is 0 Å². The first-order valence-corrected chi connectivity index (χ1v) is 7.74. The predicted octanol–water partition coefficient (Wildman–Crippen LogP) is 3.33. The first-order chi connectivity index (χ1) is 11.0. The van der Waals surface area contributed by atoms with Crippen molar-refractivity contribution in [2.45, 2.75) is 13.0 Å². The third-order valence-corrected chi connectivity index (χ3v) is 4.20. The number of carbonyl (C=O) groups is 2. The van der Waals surface area contributed by atoms with Crippen LogP contribution in [0.25, 0.3) is 0 Å². The molecule has 0 saturated carbocycles. The Labute approximate surface area is 141 Å². The molecule has 0 fully saturated rings. The van der Waals surface area contributed by atoms with Gasteiger partial charge in [0.05, 0.1) is 11.6 Å². The van der Waals surface area contributed by atoms with E-state index in [4.69, 9.17) is 0 Å². The number of Topliss-reactive ketones (excluding diaryl/α,β-unsaturated/α-hetero) is 1. The van der Waals surface area contributed by atoms with E-state index in [2.05, 4.69) is 20.9 Å². The quantitative estimate of drug-likeness (QED) is 0.896. The largest absolute Gasteiger partial charge is 0.503 e. The highest BCUT2D eigenvalue weighted by atomic mass is 79.9. The van der Waals surface area contributed by atoms with Crippen LogP contribution in [0.5, 0.6) is 0 Å².